The number of benzene rings is 2. The van der Waals surface area contributed by atoms with Crippen molar-refractivity contribution in [1.82, 2.24) is 24.3 Å². The number of imidazole rings is 1. The number of piperazine rings is 1. The SMILES string of the molecule is CCc1cn(N2CCN(Cc3nc4ccc(C(=O)O)cc4n3C[C@@H]3CCO3)CC2)nc1OCc1ccc(C#N)cc1F. The number of carbonyl (C=O) groups is 1. The minimum absolute atomic E-state index is 0.0240. The third kappa shape index (κ3) is 5.66. The number of ether oxygens (including phenoxy) is 2. The Kier molecular flexibility index (Phi) is 7.78. The molecule has 218 valence electrons. The van der Waals surface area contributed by atoms with E-state index in [1.807, 2.05) is 24.0 Å². The van der Waals surface area contributed by atoms with Gasteiger partial charge in [0, 0.05) is 43.9 Å². The minimum Gasteiger partial charge on any atom is -0.478 e. The van der Waals surface area contributed by atoms with Crippen LogP contribution in [0.5, 0.6) is 5.88 Å². The monoisotopic (exact) mass is 573 g/mol. The Labute approximate surface area is 242 Å². The van der Waals surface area contributed by atoms with E-state index in [0.717, 1.165) is 68.0 Å². The Morgan fingerprint density at radius 1 is 1.19 bits per heavy atom. The lowest BCUT2D eigenvalue weighted by Crippen LogP contribution is -2.51. The molecule has 2 aliphatic heterocycles. The number of rotatable bonds is 10. The molecule has 0 saturated carbocycles. The summed E-state index contributed by atoms with van der Waals surface area (Å²) in [5.74, 6) is -0.0633. The largest absolute Gasteiger partial charge is 0.478 e. The van der Waals surface area contributed by atoms with Gasteiger partial charge in [0.2, 0.25) is 5.88 Å². The fourth-order valence-corrected chi connectivity index (χ4v) is 5.33. The van der Waals surface area contributed by atoms with Gasteiger partial charge >= 0.3 is 5.97 Å². The molecule has 6 rings (SSSR count). The first kappa shape index (κ1) is 27.7. The zero-order valence-corrected chi connectivity index (χ0v) is 23.4. The molecular formula is C30H32FN7O4. The van der Waals surface area contributed by atoms with E-state index in [0.29, 0.717) is 24.5 Å². The zero-order valence-electron chi connectivity index (χ0n) is 23.4. The topological polar surface area (TPSA) is 122 Å². The molecule has 11 nitrogen and oxygen atoms in total. The van der Waals surface area contributed by atoms with Crippen LogP contribution in [0, 0.1) is 17.1 Å². The van der Waals surface area contributed by atoms with E-state index >= 15 is 0 Å². The predicted octanol–water partition coefficient (Wildman–Crippen LogP) is 3.33. The highest BCUT2D eigenvalue weighted by Gasteiger charge is 2.25. The zero-order chi connectivity index (χ0) is 29.2. The highest BCUT2D eigenvalue weighted by atomic mass is 19.1. The summed E-state index contributed by atoms with van der Waals surface area (Å²) >= 11 is 0. The fourth-order valence-electron chi connectivity index (χ4n) is 5.33. The van der Waals surface area contributed by atoms with E-state index in [1.54, 1.807) is 30.3 Å². The lowest BCUT2D eigenvalue weighted by atomic mass is 10.1. The van der Waals surface area contributed by atoms with E-state index in [9.17, 15) is 14.3 Å². The molecule has 2 saturated heterocycles. The summed E-state index contributed by atoms with van der Waals surface area (Å²) in [6.07, 6.45) is 3.77. The second-order valence-electron chi connectivity index (χ2n) is 10.6. The van der Waals surface area contributed by atoms with Crippen molar-refractivity contribution in [3.8, 4) is 11.9 Å². The third-order valence-electron chi connectivity index (χ3n) is 7.92. The standard InChI is InChI=1S/C30H32FN7O4/c1-2-21-16-38(34-29(21)42-19-23-4-3-20(15-32)13-25(23)31)36-10-8-35(9-11-36)18-28-33-26-6-5-22(30(39)40)14-27(26)37(28)17-24-7-12-41-24/h3-6,13-14,16,24H,2,7-12,17-19H2,1H3,(H,39,40)/t24-/m0/s1. The summed E-state index contributed by atoms with van der Waals surface area (Å²) in [5, 5.41) is 25.3. The normalized spacial score (nSPS) is 17.3. The second kappa shape index (κ2) is 11.8. The number of carboxylic acid groups (broad SMARTS) is 1. The number of fused-ring (bicyclic) bond motifs is 1. The average Bonchev–Trinajstić information content (AvgIpc) is 3.54. The number of aromatic nitrogens is 4. The fraction of sp³-hybridized carbons (Fsp3) is 0.400. The Morgan fingerprint density at radius 3 is 2.67 bits per heavy atom. The van der Waals surface area contributed by atoms with Gasteiger partial charge in [0.1, 0.15) is 18.2 Å². The van der Waals surface area contributed by atoms with Crippen molar-refractivity contribution in [3.05, 3.63) is 76.5 Å². The van der Waals surface area contributed by atoms with E-state index in [2.05, 4.69) is 19.6 Å². The molecule has 4 aromatic rings. The number of nitrogens with zero attached hydrogens (tertiary/aromatic N) is 7. The van der Waals surface area contributed by atoms with Gasteiger partial charge in [0.05, 0.1) is 53.6 Å². The van der Waals surface area contributed by atoms with Crippen LogP contribution in [-0.2, 0) is 30.9 Å². The number of hydrogen-bond donors (Lipinski definition) is 1. The van der Waals surface area contributed by atoms with Crippen molar-refractivity contribution in [1.29, 1.82) is 5.26 Å². The van der Waals surface area contributed by atoms with Crippen molar-refractivity contribution in [2.24, 2.45) is 0 Å². The number of aromatic carboxylic acids is 1. The van der Waals surface area contributed by atoms with Gasteiger partial charge in [0.25, 0.3) is 0 Å². The van der Waals surface area contributed by atoms with Crippen molar-refractivity contribution in [3.63, 3.8) is 0 Å². The van der Waals surface area contributed by atoms with Crippen LogP contribution in [0.3, 0.4) is 0 Å². The molecular weight excluding hydrogens is 541 g/mol. The van der Waals surface area contributed by atoms with Gasteiger partial charge in [-0.1, -0.05) is 13.0 Å². The molecule has 1 N–H and O–H groups in total. The van der Waals surface area contributed by atoms with E-state index < -0.39 is 11.8 Å². The average molecular weight is 574 g/mol. The second-order valence-corrected chi connectivity index (χ2v) is 10.6. The smallest absolute Gasteiger partial charge is 0.335 e. The highest BCUT2D eigenvalue weighted by Crippen LogP contribution is 2.24. The minimum atomic E-state index is -0.956. The molecule has 0 amide bonds. The number of aryl methyl sites for hydroxylation is 1. The molecule has 1 atom stereocenters. The van der Waals surface area contributed by atoms with Gasteiger partial charge in [-0.3, -0.25) is 9.91 Å². The lowest BCUT2D eigenvalue weighted by molar-refractivity contribution is -0.0592. The maximum atomic E-state index is 14.3. The van der Waals surface area contributed by atoms with Gasteiger partial charge in [-0.15, -0.1) is 5.10 Å². The lowest BCUT2D eigenvalue weighted by Gasteiger charge is -2.35. The quantitative estimate of drug-likeness (QED) is 0.304. The first-order chi connectivity index (χ1) is 20.4. The van der Waals surface area contributed by atoms with Crippen molar-refractivity contribution in [2.45, 2.75) is 45.6 Å². The molecule has 42 heavy (non-hydrogen) atoms. The van der Waals surface area contributed by atoms with Crippen LogP contribution in [0.1, 0.15) is 46.2 Å². The number of nitriles is 1. The van der Waals surface area contributed by atoms with E-state index in [-0.39, 0.29) is 23.8 Å². The number of carboxylic acids is 1. The Morgan fingerprint density at radius 2 is 2.00 bits per heavy atom. The number of hydrogen-bond acceptors (Lipinski definition) is 8. The first-order valence-electron chi connectivity index (χ1n) is 14.1. The summed E-state index contributed by atoms with van der Waals surface area (Å²) in [4.78, 5) is 20.6. The maximum Gasteiger partial charge on any atom is 0.335 e. The van der Waals surface area contributed by atoms with Crippen LogP contribution < -0.4 is 9.75 Å². The summed E-state index contributed by atoms with van der Waals surface area (Å²) in [6.45, 7) is 7.15. The Hall–Kier alpha value is -4.47. The van der Waals surface area contributed by atoms with Crippen molar-refractivity contribution in [2.75, 3.05) is 37.8 Å². The molecule has 0 spiro atoms. The first-order valence-corrected chi connectivity index (χ1v) is 14.1. The van der Waals surface area contributed by atoms with Gasteiger partial charge in [0.15, 0.2) is 0 Å². The van der Waals surface area contributed by atoms with Crippen molar-refractivity contribution < 1.29 is 23.8 Å². The van der Waals surface area contributed by atoms with Crippen LogP contribution in [0.25, 0.3) is 11.0 Å². The summed E-state index contributed by atoms with van der Waals surface area (Å²) in [6, 6.07) is 11.3. The molecule has 2 aromatic heterocycles. The van der Waals surface area contributed by atoms with Crippen LogP contribution in [0.2, 0.25) is 0 Å². The van der Waals surface area contributed by atoms with Gasteiger partial charge in [-0.2, -0.15) is 10.1 Å². The molecule has 12 heteroatoms. The molecule has 2 aromatic carbocycles. The highest BCUT2D eigenvalue weighted by molar-refractivity contribution is 5.92. The van der Waals surface area contributed by atoms with E-state index in [1.165, 1.54) is 6.07 Å². The Bertz CT molecular complexity index is 1650. The van der Waals surface area contributed by atoms with Gasteiger partial charge in [-0.05, 0) is 43.2 Å². The molecule has 2 fully saturated rings. The predicted molar refractivity (Wildman–Crippen MR) is 151 cm³/mol. The summed E-state index contributed by atoms with van der Waals surface area (Å²) in [7, 11) is 0. The maximum absolute atomic E-state index is 14.3. The molecule has 0 radical (unpaired) electrons. The molecule has 2 aliphatic rings. The number of halogens is 1. The third-order valence-corrected chi connectivity index (χ3v) is 7.92. The molecule has 0 bridgehead atoms. The van der Waals surface area contributed by atoms with Crippen LogP contribution in [-0.4, -0.2) is 74.3 Å². The summed E-state index contributed by atoms with van der Waals surface area (Å²) in [5.41, 5.74) is 3.41. The van der Waals surface area contributed by atoms with Crippen LogP contribution >= 0.6 is 0 Å². The summed E-state index contributed by atoms with van der Waals surface area (Å²) < 4.78 is 28.0. The molecule has 4 heterocycles. The van der Waals surface area contributed by atoms with Crippen molar-refractivity contribution >= 4 is 17.0 Å². The molecule has 0 unspecified atom stereocenters. The van der Waals surface area contributed by atoms with Gasteiger partial charge < -0.3 is 19.1 Å². The van der Waals surface area contributed by atoms with E-state index in [4.69, 9.17) is 19.7 Å². The Balaban J connectivity index is 1.12. The molecule has 0 aliphatic carbocycles. The van der Waals surface area contributed by atoms with Crippen LogP contribution in [0.4, 0.5) is 4.39 Å². The van der Waals surface area contributed by atoms with Gasteiger partial charge in [-0.25, -0.2) is 14.2 Å². The van der Waals surface area contributed by atoms with Crippen LogP contribution in [0.15, 0.2) is 42.6 Å².